The monoisotopic (exact) mass is 525 g/mol. The highest BCUT2D eigenvalue weighted by molar-refractivity contribution is 5.70. The van der Waals surface area contributed by atoms with E-state index in [1.165, 1.54) is 109 Å². The second-order valence-corrected chi connectivity index (χ2v) is 12.6. The highest BCUT2D eigenvalue weighted by Crippen LogP contribution is 2.19. The minimum atomic E-state index is -1.17. The molecule has 0 bridgehead atoms. The molecule has 0 rings (SSSR count). The largest absolute Gasteiger partial charge is 0.550 e. The van der Waals surface area contributed by atoms with Crippen molar-refractivity contribution in [2.45, 2.75) is 161 Å². The number of carbonyl (C=O) groups excluding carboxylic acids is 2. The number of unbranched alkanes of at least 4 members (excludes halogenated alkanes) is 16. The van der Waals surface area contributed by atoms with Gasteiger partial charge in [0.2, 0.25) is 0 Å². The van der Waals surface area contributed by atoms with Gasteiger partial charge in [-0.15, -0.1) is 0 Å². The zero-order chi connectivity index (χ0) is 27.8. The number of hydrogen-bond donors (Lipinski definition) is 0. The van der Waals surface area contributed by atoms with Gasteiger partial charge in [-0.05, 0) is 12.3 Å². The van der Waals surface area contributed by atoms with Crippen LogP contribution in [0.1, 0.15) is 155 Å². The van der Waals surface area contributed by atoms with Gasteiger partial charge < -0.3 is 19.1 Å². The first-order chi connectivity index (χ1) is 17.6. The van der Waals surface area contributed by atoms with Crippen molar-refractivity contribution in [3.05, 3.63) is 0 Å². The number of quaternary nitrogens is 1. The highest BCUT2D eigenvalue weighted by atomic mass is 16.5. The summed E-state index contributed by atoms with van der Waals surface area (Å²) in [7, 11) is 5.86. The summed E-state index contributed by atoms with van der Waals surface area (Å²) in [6, 6.07) is 0. The number of likely N-dealkylation sites (N-methyl/N-ethyl adjacent to an activating group) is 1. The molecule has 0 spiro atoms. The van der Waals surface area contributed by atoms with E-state index in [0.717, 1.165) is 25.2 Å². The van der Waals surface area contributed by atoms with Crippen LogP contribution in [0.15, 0.2) is 0 Å². The Bertz CT molecular complexity index is 543. The van der Waals surface area contributed by atoms with Gasteiger partial charge in [-0.1, -0.05) is 136 Å². The number of carboxylic acids is 1. The lowest BCUT2D eigenvalue weighted by Gasteiger charge is -2.29. The Labute approximate surface area is 230 Å². The van der Waals surface area contributed by atoms with E-state index < -0.39 is 12.1 Å². The Balaban J connectivity index is 3.52. The third-order valence-corrected chi connectivity index (χ3v) is 7.32. The van der Waals surface area contributed by atoms with Crippen molar-refractivity contribution in [2.75, 3.05) is 27.7 Å². The van der Waals surface area contributed by atoms with E-state index in [-0.39, 0.29) is 12.4 Å². The number of nitrogens with zero attached hydrogens (tertiary/aromatic N) is 1. The Kier molecular flexibility index (Phi) is 23.3. The first kappa shape index (κ1) is 35.9. The van der Waals surface area contributed by atoms with Crippen LogP contribution in [0.3, 0.4) is 0 Å². The van der Waals surface area contributed by atoms with Crippen LogP contribution >= 0.6 is 0 Å². The van der Waals surface area contributed by atoms with E-state index in [9.17, 15) is 14.7 Å². The number of ether oxygens (including phenoxy) is 1. The Morgan fingerprint density at radius 3 is 1.49 bits per heavy atom. The van der Waals surface area contributed by atoms with Crippen molar-refractivity contribution in [1.29, 1.82) is 0 Å². The third-order valence-electron chi connectivity index (χ3n) is 7.32. The standard InChI is InChI=1S/C32H63NO4/c1-6-7-8-9-10-12-15-18-21-24-29(2)25-22-19-16-13-11-14-17-20-23-26-32(36)37-30(27-31(34)35)28-33(3,4)5/h29-30H,6-28H2,1-5H3. The fourth-order valence-electron chi connectivity index (χ4n) is 5.13. The van der Waals surface area contributed by atoms with Crippen LogP contribution in [-0.2, 0) is 14.3 Å². The average molecular weight is 526 g/mol. The molecule has 0 aliphatic rings. The van der Waals surface area contributed by atoms with Gasteiger partial charge in [-0.3, -0.25) is 4.79 Å². The number of carboxylic acid groups (broad SMARTS) is 1. The molecular formula is C32H63NO4. The molecule has 0 N–H and O–H groups in total. The minimum absolute atomic E-state index is 0.237. The normalized spacial score (nSPS) is 13.4. The minimum Gasteiger partial charge on any atom is -0.550 e. The highest BCUT2D eigenvalue weighted by Gasteiger charge is 2.22. The van der Waals surface area contributed by atoms with Crippen molar-refractivity contribution < 1.29 is 23.9 Å². The molecule has 0 aromatic rings. The van der Waals surface area contributed by atoms with Crippen molar-refractivity contribution in [1.82, 2.24) is 0 Å². The maximum absolute atomic E-state index is 12.1. The van der Waals surface area contributed by atoms with Gasteiger partial charge in [0.05, 0.1) is 21.1 Å². The molecule has 0 aliphatic heterocycles. The summed E-state index contributed by atoms with van der Waals surface area (Å²) in [5.41, 5.74) is 0. The molecule has 0 aliphatic carbocycles. The molecule has 0 amide bonds. The van der Waals surface area contributed by atoms with E-state index in [1.807, 2.05) is 21.1 Å². The Hall–Kier alpha value is -1.10. The van der Waals surface area contributed by atoms with Gasteiger partial charge >= 0.3 is 5.97 Å². The quantitative estimate of drug-likeness (QED) is 0.0629. The zero-order valence-electron chi connectivity index (χ0n) is 25.5. The van der Waals surface area contributed by atoms with Gasteiger partial charge in [-0.2, -0.15) is 0 Å². The van der Waals surface area contributed by atoms with Gasteiger partial charge in [-0.25, -0.2) is 0 Å². The molecule has 0 aromatic carbocycles. The van der Waals surface area contributed by atoms with E-state index in [0.29, 0.717) is 17.4 Å². The summed E-state index contributed by atoms with van der Waals surface area (Å²) < 4.78 is 5.96. The topological polar surface area (TPSA) is 66.4 Å². The summed E-state index contributed by atoms with van der Waals surface area (Å²) in [6.45, 7) is 5.19. The van der Waals surface area contributed by atoms with Gasteiger partial charge in [0.25, 0.3) is 0 Å². The maximum atomic E-state index is 12.1. The van der Waals surface area contributed by atoms with Crippen molar-refractivity contribution >= 4 is 11.9 Å². The van der Waals surface area contributed by atoms with Crippen molar-refractivity contribution in [3.8, 4) is 0 Å². The SMILES string of the molecule is CCCCCCCCCCCC(C)CCCCCCCCCCCC(=O)OC(CC(=O)[O-])C[N+](C)(C)C. The summed E-state index contributed by atoms with van der Waals surface area (Å²) in [4.78, 5) is 23.0. The maximum Gasteiger partial charge on any atom is 0.306 e. The molecule has 2 unspecified atom stereocenters. The number of aliphatic carboxylic acids is 1. The molecule has 0 saturated heterocycles. The lowest BCUT2D eigenvalue weighted by atomic mass is 9.95. The molecule has 2 atom stereocenters. The van der Waals surface area contributed by atoms with Gasteiger partial charge in [0.1, 0.15) is 6.54 Å². The number of rotatable bonds is 27. The number of esters is 1. The zero-order valence-corrected chi connectivity index (χ0v) is 25.5. The van der Waals surface area contributed by atoms with E-state index in [4.69, 9.17) is 4.74 Å². The van der Waals surface area contributed by atoms with E-state index >= 15 is 0 Å². The number of hydrogen-bond acceptors (Lipinski definition) is 4. The fraction of sp³-hybridized carbons (Fsp3) is 0.938. The van der Waals surface area contributed by atoms with Crippen LogP contribution in [0, 0.1) is 5.92 Å². The summed E-state index contributed by atoms with van der Waals surface area (Å²) in [5.74, 6) is -0.568. The van der Waals surface area contributed by atoms with Crippen LogP contribution in [0.5, 0.6) is 0 Å². The first-order valence-electron chi connectivity index (χ1n) is 15.8. The van der Waals surface area contributed by atoms with Crippen LogP contribution in [0.4, 0.5) is 0 Å². The predicted octanol–water partition coefficient (Wildman–Crippen LogP) is 7.59. The van der Waals surface area contributed by atoms with Crippen LogP contribution < -0.4 is 5.11 Å². The molecule has 220 valence electrons. The Morgan fingerprint density at radius 2 is 1.08 bits per heavy atom. The average Bonchev–Trinajstić information content (AvgIpc) is 2.79. The molecular weight excluding hydrogens is 462 g/mol. The predicted molar refractivity (Wildman–Crippen MR) is 154 cm³/mol. The first-order valence-corrected chi connectivity index (χ1v) is 15.8. The molecule has 0 fully saturated rings. The second kappa shape index (κ2) is 24.0. The van der Waals surface area contributed by atoms with Crippen LogP contribution in [0.25, 0.3) is 0 Å². The number of carbonyl (C=O) groups is 2. The third kappa shape index (κ3) is 27.7. The molecule has 0 saturated carbocycles. The molecule has 0 heterocycles. The molecule has 0 aromatic heterocycles. The lowest BCUT2D eigenvalue weighted by Crippen LogP contribution is -2.45. The molecule has 5 nitrogen and oxygen atoms in total. The van der Waals surface area contributed by atoms with Crippen LogP contribution in [0.2, 0.25) is 0 Å². The van der Waals surface area contributed by atoms with Crippen molar-refractivity contribution in [2.24, 2.45) is 5.92 Å². The van der Waals surface area contributed by atoms with Crippen LogP contribution in [-0.4, -0.2) is 50.2 Å². The van der Waals surface area contributed by atoms with Gasteiger partial charge in [0, 0.05) is 18.8 Å². The van der Waals surface area contributed by atoms with Gasteiger partial charge in [0.15, 0.2) is 6.10 Å². The Morgan fingerprint density at radius 1 is 0.676 bits per heavy atom. The molecule has 37 heavy (non-hydrogen) atoms. The summed E-state index contributed by atoms with van der Waals surface area (Å²) in [6.07, 6.45) is 26.1. The summed E-state index contributed by atoms with van der Waals surface area (Å²) >= 11 is 0. The molecule has 0 radical (unpaired) electrons. The molecule has 5 heteroatoms. The van der Waals surface area contributed by atoms with Crippen molar-refractivity contribution in [3.63, 3.8) is 0 Å². The summed E-state index contributed by atoms with van der Waals surface area (Å²) in [5, 5.41) is 10.9. The van der Waals surface area contributed by atoms with E-state index in [2.05, 4.69) is 13.8 Å². The fourth-order valence-corrected chi connectivity index (χ4v) is 5.13. The smallest absolute Gasteiger partial charge is 0.306 e. The lowest BCUT2D eigenvalue weighted by molar-refractivity contribution is -0.873. The second-order valence-electron chi connectivity index (χ2n) is 12.6. The van der Waals surface area contributed by atoms with E-state index in [1.54, 1.807) is 0 Å².